The van der Waals surface area contributed by atoms with E-state index in [1.807, 2.05) is 32.2 Å². The van der Waals surface area contributed by atoms with Gasteiger partial charge in [-0.3, -0.25) is 4.79 Å². The van der Waals surface area contributed by atoms with E-state index in [-0.39, 0.29) is 24.6 Å². The van der Waals surface area contributed by atoms with Crippen LogP contribution in [-0.4, -0.2) is 32.2 Å². The molecule has 1 heterocycles. The van der Waals surface area contributed by atoms with Gasteiger partial charge in [0.1, 0.15) is 18.1 Å². The number of ether oxygens (including phenoxy) is 2. The number of rotatable bonds is 6. The highest BCUT2D eigenvalue weighted by atomic mass is 16.5. The summed E-state index contributed by atoms with van der Waals surface area (Å²) in [5.74, 6) is 1.77. The first-order valence-corrected chi connectivity index (χ1v) is 7.37. The van der Waals surface area contributed by atoms with Crippen molar-refractivity contribution in [2.45, 2.75) is 32.9 Å². The third-order valence-corrected chi connectivity index (χ3v) is 3.87. The lowest BCUT2D eigenvalue weighted by molar-refractivity contribution is -0.124. The molecule has 1 amide bonds. The lowest BCUT2D eigenvalue weighted by atomic mass is 10.1. The summed E-state index contributed by atoms with van der Waals surface area (Å²) in [4.78, 5) is 11.8. The lowest BCUT2D eigenvalue weighted by Gasteiger charge is -2.17. The molecule has 2 atom stereocenters. The van der Waals surface area contributed by atoms with Gasteiger partial charge in [-0.25, -0.2) is 0 Å². The number of benzene rings is 1. The monoisotopic (exact) mass is 292 g/mol. The van der Waals surface area contributed by atoms with Gasteiger partial charge in [-0.05, 0) is 32.0 Å². The fourth-order valence-electron chi connectivity index (χ4n) is 2.13. The van der Waals surface area contributed by atoms with E-state index >= 15 is 0 Å². The molecule has 0 saturated heterocycles. The van der Waals surface area contributed by atoms with E-state index in [1.54, 1.807) is 0 Å². The maximum absolute atomic E-state index is 11.8. The van der Waals surface area contributed by atoms with Gasteiger partial charge in [0.05, 0.1) is 6.04 Å². The predicted molar refractivity (Wildman–Crippen MR) is 81.7 cm³/mol. The van der Waals surface area contributed by atoms with Gasteiger partial charge in [0.15, 0.2) is 6.61 Å². The van der Waals surface area contributed by atoms with E-state index in [0.29, 0.717) is 18.3 Å². The maximum Gasteiger partial charge on any atom is 0.258 e. The Bertz CT molecular complexity index is 502. The van der Waals surface area contributed by atoms with Gasteiger partial charge in [-0.15, -0.1) is 0 Å². The van der Waals surface area contributed by atoms with Crippen LogP contribution in [0.5, 0.6) is 11.5 Å². The van der Waals surface area contributed by atoms with Crippen molar-refractivity contribution < 1.29 is 14.3 Å². The van der Waals surface area contributed by atoms with Crippen LogP contribution >= 0.6 is 0 Å². The summed E-state index contributed by atoms with van der Waals surface area (Å²) >= 11 is 0. The summed E-state index contributed by atoms with van der Waals surface area (Å²) in [6.45, 7) is 6.78. The first kappa shape index (κ1) is 15.6. The van der Waals surface area contributed by atoms with Crippen LogP contribution in [-0.2, 0) is 4.79 Å². The van der Waals surface area contributed by atoms with E-state index in [9.17, 15) is 4.79 Å². The summed E-state index contributed by atoms with van der Waals surface area (Å²) in [5.41, 5.74) is 1.13. The van der Waals surface area contributed by atoms with Crippen LogP contribution in [0.4, 0.5) is 0 Å². The molecular formula is C16H24N2O3. The van der Waals surface area contributed by atoms with E-state index in [1.165, 1.54) is 0 Å². The molecule has 21 heavy (non-hydrogen) atoms. The highest BCUT2D eigenvalue weighted by Crippen LogP contribution is 2.34. The molecule has 0 saturated carbocycles. The molecule has 5 heteroatoms. The van der Waals surface area contributed by atoms with E-state index in [2.05, 4.69) is 24.5 Å². The predicted octanol–water partition coefficient (Wildman–Crippen LogP) is 1.88. The molecule has 0 spiro atoms. The molecule has 1 aromatic carbocycles. The minimum Gasteiger partial charge on any atom is -0.491 e. The lowest BCUT2D eigenvalue weighted by Crippen LogP contribution is -2.38. The van der Waals surface area contributed by atoms with Crippen molar-refractivity contribution in [3.8, 4) is 11.5 Å². The van der Waals surface area contributed by atoms with Gasteiger partial charge in [0, 0.05) is 17.7 Å². The van der Waals surface area contributed by atoms with Crippen LogP contribution in [0.25, 0.3) is 0 Å². The molecule has 0 radical (unpaired) electrons. The number of likely N-dealkylation sites (N-methyl/N-ethyl adjacent to an activating group) is 1. The van der Waals surface area contributed by atoms with Crippen LogP contribution in [0.3, 0.4) is 0 Å². The molecule has 1 aromatic rings. The van der Waals surface area contributed by atoms with Crippen molar-refractivity contribution in [3.05, 3.63) is 23.8 Å². The van der Waals surface area contributed by atoms with Crippen molar-refractivity contribution in [1.29, 1.82) is 0 Å². The van der Waals surface area contributed by atoms with Crippen molar-refractivity contribution in [2.24, 2.45) is 5.92 Å². The fraction of sp³-hybridized carbons (Fsp3) is 0.562. The van der Waals surface area contributed by atoms with Crippen molar-refractivity contribution in [3.63, 3.8) is 0 Å². The van der Waals surface area contributed by atoms with E-state index in [0.717, 1.165) is 11.3 Å². The number of carbonyl (C=O) groups excluding carboxylic acids is 1. The van der Waals surface area contributed by atoms with Crippen molar-refractivity contribution in [1.82, 2.24) is 10.6 Å². The quantitative estimate of drug-likeness (QED) is 0.840. The Morgan fingerprint density at radius 3 is 2.86 bits per heavy atom. The average Bonchev–Trinajstić information content (AvgIpc) is 2.87. The Labute approximate surface area is 126 Å². The molecule has 2 N–H and O–H groups in total. The van der Waals surface area contributed by atoms with Gasteiger partial charge >= 0.3 is 0 Å². The second kappa shape index (κ2) is 6.80. The van der Waals surface area contributed by atoms with Crippen LogP contribution in [0.2, 0.25) is 0 Å². The Balaban J connectivity index is 1.89. The fourth-order valence-corrected chi connectivity index (χ4v) is 2.13. The Hall–Kier alpha value is -1.75. The number of carbonyl (C=O) groups is 1. The largest absolute Gasteiger partial charge is 0.491 e. The SMILES string of the molecule is CNC1COc2cc(OCC(=O)NC(C)C(C)C)ccc21. The third-order valence-electron chi connectivity index (χ3n) is 3.87. The molecule has 0 bridgehead atoms. The van der Waals surface area contributed by atoms with E-state index in [4.69, 9.17) is 9.47 Å². The molecular weight excluding hydrogens is 268 g/mol. The van der Waals surface area contributed by atoms with E-state index < -0.39 is 0 Å². The number of amides is 1. The Kier molecular flexibility index (Phi) is 5.07. The molecule has 5 nitrogen and oxygen atoms in total. The number of nitrogens with one attached hydrogen (secondary N) is 2. The Morgan fingerprint density at radius 2 is 2.19 bits per heavy atom. The minimum absolute atomic E-state index is 0.0191. The summed E-state index contributed by atoms with van der Waals surface area (Å²) in [6, 6.07) is 6.06. The highest BCUT2D eigenvalue weighted by molar-refractivity contribution is 5.77. The average molecular weight is 292 g/mol. The molecule has 2 unspecified atom stereocenters. The summed E-state index contributed by atoms with van der Waals surface area (Å²) in [6.07, 6.45) is 0. The second-order valence-electron chi connectivity index (χ2n) is 5.74. The number of fused-ring (bicyclic) bond motifs is 1. The first-order chi connectivity index (χ1) is 10.0. The minimum atomic E-state index is -0.106. The number of hydrogen-bond acceptors (Lipinski definition) is 4. The molecule has 1 aliphatic heterocycles. The van der Waals surface area contributed by atoms with Crippen LogP contribution in [0.1, 0.15) is 32.4 Å². The summed E-state index contributed by atoms with van der Waals surface area (Å²) in [7, 11) is 1.91. The molecule has 2 rings (SSSR count). The zero-order valence-corrected chi connectivity index (χ0v) is 13.1. The molecule has 1 aliphatic rings. The zero-order chi connectivity index (χ0) is 15.4. The maximum atomic E-state index is 11.8. The van der Waals surface area contributed by atoms with Crippen molar-refractivity contribution >= 4 is 5.91 Å². The third kappa shape index (κ3) is 3.88. The standard InChI is InChI=1S/C16H24N2O3/c1-10(2)11(3)18-16(19)9-20-12-5-6-13-14(17-4)8-21-15(13)7-12/h5-7,10-11,14,17H,8-9H2,1-4H3,(H,18,19). The number of hydrogen-bond donors (Lipinski definition) is 2. The van der Waals surface area contributed by atoms with Gasteiger partial charge in [0.2, 0.25) is 0 Å². The molecule has 0 fully saturated rings. The van der Waals surface area contributed by atoms with Crippen molar-refractivity contribution in [2.75, 3.05) is 20.3 Å². The Morgan fingerprint density at radius 1 is 1.43 bits per heavy atom. The molecule has 0 aromatic heterocycles. The van der Waals surface area contributed by atoms with Crippen LogP contribution in [0.15, 0.2) is 18.2 Å². The molecule has 0 aliphatic carbocycles. The smallest absolute Gasteiger partial charge is 0.258 e. The normalized spacial score (nSPS) is 18.0. The van der Waals surface area contributed by atoms with Crippen LogP contribution in [0, 0.1) is 5.92 Å². The van der Waals surface area contributed by atoms with Gasteiger partial charge in [-0.2, -0.15) is 0 Å². The van der Waals surface area contributed by atoms with Crippen LogP contribution < -0.4 is 20.1 Å². The van der Waals surface area contributed by atoms with Gasteiger partial charge in [0.25, 0.3) is 5.91 Å². The molecule has 116 valence electrons. The zero-order valence-electron chi connectivity index (χ0n) is 13.1. The summed E-state index contributed by atoms with van der Waals surface area (Å²) in [5, 5.41) is 6.10. The second-order valence-corrected chi connectivity index (χ2v) is 5.74. The highest BCUT2D eigenvalue weighted by Gasteiger charge is 2.23. The first-order valence-electron chi connectivity index (χ1n) is 7.37. The van der Waals surface area contributed by atoms with Gasteiger partial charge < -0.3 is 20.1 Å². The summed E-state index contributed by atoms with van der Waals surface area (Å²) < 4.78 is 11.1. The van der Waals surface area contributed by atoms with Gasteiger partial charge in [-0.1, -0.05) is 13.8 Å². The topological polar surface area (TPSA) is 59.6 Å².